The quantitative estimate of drug-likeness (QED) is 0.533. The molecule has 0 aromatic heterocycles. The third-order valence-electron chi connectivity index (χ3n) is 6.12. The lowest BCUT2D eigenvalue weighted by molar-refractivity contribution is -0.0135. The molecule has 0 aromatic carbocycles. The van der Waals surface area contributed by atoms with E-state index in [0.29, 0.717) is 18.5 Å². The van der Waals surface area contributed by atoms with E-state index < -0.39 is 12.3 Å². The van der Waals surface area contributed by atoms with Crippen LogP contribution in [0.3, 0.4) is 0 Å². The second kappa shape index (κ2) is 5.95. The summed E-state index contributed by atoms with van der Waals surface area (Å²) in [7, 11) is 0. The largest absolute Gasteiger partial charge is 0.370 e. The van der Waals surface area contributed by atoms with Gasteiger partial charge in [0.15, 0.2) is 6.23 Å². The molecule has 0 radical (unpaired) electrons. The highest BCUT2D eigenvalue weighted by atomic mass is 16.3. The van der Waals surface area contributed by atoms with Gasteiger partial charge >= 0.3 is 12.1 Å². The van der Waals surface area contributed by atoms with Gasteiger partial charge in [-0.3, -0.25) is 0 Å². The molecular weight excluding hydrogens is 308 g/mol. The fraction of sp³-hybridized carbons (Fsp3) is 0.765. The maximum atomic E-state index is 12.3. The number of aliphatic hydroxyl groups is 1. The Hall–Kier alpha value is -1.76. The number of hydrogen-bond acceptors (Lipinski definition) is 3. The fourth-order valence-corrected chi connectivity index (χ4v) is 5.57. The van der Waals surface area contributed by atoms with Gasteiger partial charge in [-0.05, 0) is 68.3 Å². The summed E-state index contributed by atoms with van der Waals surface area (Å²) in [6, 6.07) is -0.529. The van der Waals surface area contributed by atoms with Gasteiger partial charge in [0.05, 0.1) is 0 Å². The second-order valence-electron chi connectivity index (χ2n) is 8.07. The number of urea groups is 2. The van der Waals surface area contributed by atoms with Crippen LogP contribution in [0, 0.1) is 17.8 Å². The van der Waals surface area contributed by atoms with Crippen molar-refractivity contribution in [3.63, 3.8) is 0 Å². The van der Waals surface area contributed by atoms with Crippen LogP contribution < -0.4 is 21.3 Å². The van der Waals surface area contributed by atoms with Crippen LogP contribution in [-0.2, 0) is 0 Å². The first kappa shape index (κ1) is 15.7. The van der Waals surface area contributed by atoms with E-state index in [4.69, 9.17) is 0 Å². The van der Waals surface area contributed by atoms with Gasteiger partial charge in [-0.25, -0.2) is 9.59 Å². The molecule has 1 atom stereocenters. The van der Waals surface area contributed by atoms with E-state index in [1.165, 1.54) is 25.5 Å². The Labute approximate surface area is 141 Å². The summed E-state index contributed by atoms with van der Waals surface area (Å²) in [6.07, 6.45) is 8.47. The average molecular weight is 334 g/mol. The van der Waals surface area contributed by atoms with Crippen molar-refractivity contribution in [2.75, 3.05) is 6.54 Å². The van der Waals surface area contributed by atoms with Crippen molar-refractivity contribution in [3.05, 3.63) is 11.8 Å². The average Bonchev–Trinajstić information content (AvgIpc) is 2.47. The molecule has 4 aliphatic carbocycles. The number of hydrogen-bond donors (Lipinski definition) is 5. The van der Waals surface area contributed by atoms with E-state index in [1.54, 1.807) is 0 Å². The van der Waals surface area contributed by atoms with Gasteiger partial charge in [0.1, 0.15) is 0 Å². The van der Waals surface area contributed by atoms with E-state index in [-0.39, 0.29) is 11.6 Å². The lowest BCUT2D eigenvalue weighted by atomic mass is 9.53. The van der Waals surface area contributed by atoms with Gasteiger partial charge in [-0.1, -0.05) is 0 Å². The zero-order valence-electron chi connectivity index (χ0n) is 13.8. The topological polar surface area (TPSA) is 102 Å². The van der Waals surface area contributed by atoms with Gasteiger partial charge in [0, 0.05) is 18.3 Å². The summed E-state index contributed by atoms with van der Waals surface area (Å²) >= 11 is 0. The third kappa shape index (κ3) is 3.09. The molecule has 0 unspecified atom stereocenters. The van der Waals surface area contributed by atoms with Crippen LogP contribution in [0.1, 0.15) is 44.9 Å². The zero-order valence-corrected chi connectivity index (χ0v) is 13.8. The molecule has 5 N–H and O–H groups in total. The molecule has 7 heteroatoms. The van der Waals surface area contributed by atoms with Crippen LogP contribution >= 0.6 is 0 Å². The number of carbonyl (C=O) groups is 2. The molecular formula is C17H26N4O3. The number of nitrogens with one attached hydrogen (secondary N) is 4. The van der Waals surface area contributed by atoms with Gasteiger partial charge in [0.25, 0.3) is 0 Å². The Bertz CT molecular complexity index is 539. The van der Waals surface area contributed by atoms with Crippen molar-refractivity contribution in [1.82, 2.24) is 21.3 Å². The molecule has 0 aromatic rings. The number of rotatable bonds is 4. The Morgan fingerprint density at radius 3 is 2.42 bits per heavy atom. The molecule has 4 bridgehead atoms. The normalized spacial score (nSPS) is 39.7. The monoisotopic (exact) mass is 334 g/mol. The van der Waals surface area contributed by atoms with E-state index >= 15 is 0 Å². The van der Waals surface area contributed by atoms with Crippen LogP contribution in [-0.4, -0.2) is 35.5 Å². The van der Waals surface area contributed by atoms with Crippen molar-refractivity contribution in [2.45, 2.75) is 56.7 Å². The Morgan fingerprint density at radius 2 is 1.83 bits per heavy atom. The summed E-state index contributed by atoms with van der Waals surface area (Å²) in [4.78, 5) is 23.4. The molecule has 0 saturated heterocycles. The summed E-state index contributed by atoms with van der Waals surface area (Å²) < 4.78 is 0. The molecule has 7 nitrogen and oxygen atoms in total. The van der Waals surface area contributed by atoms with Crippen molar-refractivity contribution in [1.29, 1.82) is 0 Å². The smallest absolute Gasteiger partial charge is 0.321 e. The molecule has 132 valence electrons. The summed E-state index contributed by atoms with van der Waals surface area (Å²) in [5.74, 6) is 2.40. The molecule has 4 amide bonds. The highest BCUT2D eigenvalue weighted by Crippen LogP contribution is 2.55. The Kier molecular flexibility index (Phi) is 3.90. The minimum atomic E-state index is -0.980. The highest BCUT2D eigenvalue weighted by molar-refractivity contribution is 5.77. The first-order valence-corrected chi connectivity index (χ1v) is 9.01. The molecule has 24 heavy (non-hydrogen) atoms. The van der Waals surface area contributed by atoms with E-state index in [0.717, 1.165) is 37.0 Å². The van der Waals surface area contributed by atoms with E-state index in [1.807, 2.05) is 0 Å². The van der Waals surface area contributed by atoms with E-state index in [9.17, 15) is 14.7 Å². The van der Waals surface area contributed by atoms with Crippen molar-refractivity contribution < 1.29 is 14.7 Å². The molecule has 1 heterocycles. The molecule has 5 rings (SSSR count). The van der Waals surface area contributed by atoms with Crippen LogP contribution in [0.25, 0.3) is 0 Å². The molecule has 4 saturated carbocycles. The van der Waals surface area contributed by atoms with E-state index in [2.05, 4.69) is 21.3 Å². The predicted molar refractivity (Wildman–Crippen MR) is 87.8 cm³/mol. The summed E-state index contributed by atoms with van der Waals surface area (Å²) in [6.45, 7) is 0.429. The van der Waals surface area contributed by atoms with Gasteiger partial charge in [-0.2, -0.15) is 0 Å². The minimum Gasteiger partial charge on any atom is -0.370 e. The van der Waals surface area contributed by atoms with Crippen molar-refractivity contribution in [2.24, 2.45) is 17.8 Å². The molecule has 5 aliphatic rings. The van der Waals surface area contributed by atoms with Crippen molar-refractivity contribution >= 4 is 12.1 Å². The summed E-state index contributed by atoms with van der Waals surface area (Å²) in [5.41, 5.74) is 0.669. The molecule has 4 fully saturated rings. The zero-order chi connectivity index (χ0) is 16.7. The number of aliphatic hydroxyl groups excluding tert-OH is 1. The van der Waals surface area contributed by atoms with Gasteiger partial charge < -0.3 is 26.4 Å². The Balaban J connectivity index is 1.26. The fourth-order valence-electron chi connectivity index (χ4n) is 5.57. The standard InChI is InChI=1S/C17H26N4O3/c22-14-13(9-19-15(23)20-14)1-2-18-16(24)21-17-6-10-3-11(7-17)5-12(4-10)8-17/h9-12,14,22H,1-8H2,(H2,18,21,24)(H2,19,20,23)/t10?,11?,12?,14-,17?/m0/s1. The van der Waals surface area contributed by atoms with Gasteiger partial charge in [-0.15, -0.1) is 0 Å². The second-order valence-corrected chi connectivity index (χ2v) is 8.07. The predicted octanol–water partition coefficient (Wildman–Crippen LogP) is 1.16. The lowest BCUT2D eigenvalue weighted by Crippen LogP contribution is -2.61. The van der Waals surface area contributed by atoms with Crippen LogP contribution in [0.4, 0.5) is 9.59 Å². The Morgan fingerprint density at radius 1 is 1.21 bits per heavy atom. The molecule has 1 aliphatic heterocycles. The van der Waals surface area contributed by atoms with Crippen molar-refractivity contribution in [3.8, 4) is 0 Å². The minimum absolute atomic E-state index is 0.0119. The maximum absolute atomic E-state index is 12.3. The third-order valence-corrected chi connectivity index (χ3v) is 6.12. The molecule has 0 spiro atoms. The van der Waals surface area contributed by atoms with Crippen LogP contribution in [0.2, 0.25) is 0 Å². The number of carbonyl (C=O) groups excluding carboxylic acids is 2. The first-order chi connectivity index (χ1) is 11.5. The SMILES string of the molecule is O=C1NC=C(CCNC(=O)NC23CC4CC(CC(C4)C2)C3)[C@H](O)N1. The van der Waals surface area contributed by atoms with Gasteiger partial charge in [0.2, 0.25) is 0 Å². The lowest BCUT2D eigenvalue weighted by Gasteiger charge is -2.56. The van der Waals surface area contributed by atoms with Crippen LogP contribution in [0.15, 0.2) is 11.8 Å². The maximum Gasteiger partial charge on any atom is 0.321 e. The summed E-state index contributed by atoms with van der Waals surface area (Å²) in [5, 5.41) is 20.8. The highest BCUT2D eigenvalue weighted by Gasteiger charge is 2.51. The number of amides is 4. The van der Waals surface area contributed by atoms with Crippen LogP contribution in [0.5, 0.6) is 0 Å². The first-order valence-electron chi connectivity index (χ1n) is 9.01.